The van der Waals surface area contributed by atoms with Crippen LogP contribution in [-0.4, -0.2) is 25.5 Å². The number of benzene rings is 1. The van der Waals surface area contributed by atoms with E-state index in [9.17, 15) is 4.79 Å². The molecule has 4 nitrogen and oxygen atoms in total. The fraction of sp³-hybridized carbons (Fsp3) is 0.462. The Bertz CT molecular complexity index is 431. The summed E-state index contributed by atoms with van der Waals surface area (Å²) >= 11 is 0. The predicted octanol–water partition coefficient (Wildman–Crippen LogP) is 1.29. The van der Waals surface area contributed by atoms with Crippen molar-refractivity contribution in [2.45, 2.75) is 25.8 Å². The molecule has 1 aliphatic heterocycles. The van der Waals surface area contributed by atoms with Gasteiger partial charge in [0.1, 0.15) is 6.04 Å². The van der Waals surface area contributed by atoms with E-state index in [0.717, 1.165) is 36.3 Å². The van der Waals surface area contributed by atoms with Gasteiger partial charge >= 0.3 is 0 Å². The molecule has 1 heterocycles. The number of rotatable bonds is 2. The summed E-state index contributed by atoms with van der Waals surface area (Å²) in [4.78, 5) is 13.9. The van der Waals surface area contributed by atoms with Crippen LogP contribution in [0.1, 0.15) is 18.4 Å². The SMILES string of the molecule is CNC(=O)C1CCCN1c1cccc(C)c1N. The molecule has 1 fully saturated rings. The monoisotopic (exact) mass is 233 g/mol. The molecule has 0 spiro atoms. The lowest BCUT2D eigenvalue weighted by atomic mass is 10.1. The van der Waals surface area contributed by atoms with Crippen LogP contribution in [0.15, 0.2) is 18.2 Å². The first-order valence-corrected chi connectivity index (χ1v) is 5.98. The molecule has 0 radical (unpaired) electrons. The molecule has 0 bridgehead atoms. The van der Waals surface area contributed by atoms with Crippen LogP contribution in [0.2, 0.25) is 0 Å². The number of likely N-dealkylation sites (N-methyl/N-ethyl adjacent to an activating group) is 1. The van der Waals surface area contributed by atoms with Crippen LogP contribution in [-0.2, 0) is 4.79 Å². The van der Waals surface area contributed by atoms with Gasteiger partial charge in [0.15, 0.2) is 0 Å². The maximum Gasteiger partial charge on any atom is 0.242 e. The summed E-state index contributed by atoms with van der Waals surface area (Å²) in [6.45, 7) is 2.88. The summed E-state index contributed by atoms with van der Waals surface area (Å²) in [7, 11) is 1.68. The third-order valence-electron chi connectivity index (χ3n) is 3.41. The zero-order chi connectivity index (χ0) is 12.4. The van der Waals surface area contributed by atoms with E-state index in [1.807, 2.05) is 25.1 Å². The van der Waals surface area contributed by atoms with Crippen molar-refractivity contribution in [1.82, 2.24) is 5.32 Å². The zero-order valence-corrected chi connectivity index (χ0v) is 10.4. The Hall–Kier alpha value is -1.71. The average molecular weight is 233 g/mol. The Kier molecular flexibility index (Phi) is 3.22. The number of aryl methyl sites for hydroxylation is 1. The largest absolute Gasteiger partial charge is 0.397 e. The van der Waals surface area contributed by atoms with Crippen molar-refractivity contribution in [2.75, 3.05) is 24.2 Å². The van der Waals surface area contributed by atoms with Crippen LogP contribution in [0, 0.1) is 6.92 Å². The van der Waals surface area contributed by atoms with Crippen molar-refractivity contribution in [3.05, 3.63) is 23.8 Å². The summed E-state index contributed by atoms with van der Waals surface area (Å²) in [5.74, 6) is 0.0726. The van der Waals surface area contributed by atoms with Gasteiger partial charge in [-0.1, -0.05) is 12.1 Å². The van der Waals surface area contributed by atoms with Crippen LogP contribution in [0.5, 0.6) is 0 Å². The molecule has 2 rings (SSSR count). The number of hydrogen-bond donors (Lipinski definition) is 2. The molecule has 17 heavy (non-hydrogen) atoms. The molecule has 0 saturated carbocycles. The zero-order valence-electron chi connectivity index (χ0n) is 10.4. The Morgan fingerprint density at radius 1 is 1.53 bits per heavy atom. The number of amides is 1. The van der Waals surface area contributed by atoms with E-state index in [2.05, 4.69) is 10.2 Å². The summed E-state index contributed by atoms with van der Waals surface area (Å²) in [6.07, 6.45) is 1.93. The van der Waals surface area contributed by atoms with E-state index in [4.69, 9.17) is 5.73 Å². The molecule has 92 valence electrons. The van der Waals surface area contributed by atoms with E-state index >= 15 is 0 Å². The number of nitrogen functional groups attached to an aromatic ring is 1. The van der Waals surface area contributed by atoms with Gasteiger partial charge in [-0.3, -0.25) is 4.79 Å². The topological polar surface area (TPSA) is 58.4 Å². The lowest BCUT2D eigenvalue weighted by Gasteiger charge is -2.27. The number of para-hydroxylation sites is 1. The Morgan fingerprint density at radius 2 is 2.29 bits per heavy atom. The van der Waals surface area contributed by atoms with Crippen molar-refractivity contribution >= 4 is 17.3 Å². The van der Waals surface area contributed by atoms with Crippen LogP contribution in [0.3, 0.4) is 0 Å². The second-order valence-electron chi connectivity index (χ2n) is 4.47. The standard InChI is InChI=1S/C13H19N3O/c1-9-5-3-6-10(12(9)14)16-8-4-7-11(16)13(17)15-2/h3,5-6,11H,4,7-8,14H2,1-2H3,(H,15,17). The molecule has 1 aromatic rings. The van der Waals surface area contributed by atoms with Gasteiger partial charge < -0.3 is 16.0 Å². The summed E-state index contributed by atoms with van der Waals surface area (Å²) < 4.78 is 0. The lowest BCUT2D eigenvalue weighted by Crippen LogP contribution is -2.42. The van der Waals surface area contributed by atoms with Gasteiger partial charge in [0, 0.05) is 13.6 Å². The quantitative estimate of drug-likeness (QED) is 0.757. The molecule has 0 aliphatic carbocycles. The van der Waals surface area contributed by atoms with Gasteiger partial charge in [0.05, 0.1) is 11.4 Å². The second-order valence-corrected chi connectivity index (χ2v) is 4.47. The molecular weight excluding hydrogens is 214 g/mol. The number of carbonyl (C=O) groups excluding carboxylic acids is 1. The minimum Gasteiger partial charge on any atom is -0.397 e. The fourth-order valence-electron chi connectivity index (χ4n) is 2.41. The van der Waals surface area contributed by atoms with E-state index in [1.54, 1.807) is 7.05 Å². The van der Waals surface area contributed by atoms with Gasteiger partial charge in [-0.25, -0.2) is 0 Å². The summed E-state index contributed by atoms with van der Waals surface area (Å²) in [5, 5.41) is 2.72. The van der Waals surface area contributed by atoms with Crippen LogP contribution in [0.25, 0.3) is 0 Å². The number of nitrogens with one attached hydrogen (secondary N) is 1. The first-order valence-electron chi connectivity index (χ1n) is 5.98. The highest BCUT2D eigenvalue weighted by Crippen LogP contribution is 2.32. The van der Waals surface area contributed by atoms with E-state index < -0.39 is 0 Å². The van der Waals surface area contributed by atoms with E-state index in [0.29, 0.717) is 0 Å². The second kappa shape index (κ2) is 4.65. The lowest BCUT2D eigenvalue weighted by molar-refractivity contribution is -0.121. The Morgan fingerprint density at radius 3 is 3.00 bits per heavy atom. The molecule has 1 atom stereocenters. The van der Waals surface area contributed by atoms with Crippen molar-refractivity contribution < 1.29 is 4.79 Å². The average Bonchev–Trinajstić information content (AvgIpc) is 2.80. The number of nitrogens with zero attached hydrogens (tertiary/aromatic N) is 1. The predicted molar refractivity (Wildman–Crippen MR) is 70.0 cm³/mol. The molecule has 3 N–H and O–H groups in total. The van der Waals surface area contributed by atoms with Crippen molar-refractivity contribution in [3.63, 3.8) is 0 Å². The van der Waals surface area contributed by atoms with E-state index in [-0.39, 0.29) is 11.9 Å². The maximum atomic E-state index is 11.8. The highest BCUT2D eigenvalue weighted by atomic mass is 16.2. The van der Waals surface area contributed by atoms with Gasteiger partial charge in [0.2, 0.25) is 5.91 Å². The van der Waals surface area contributed by atoms with Crippen molar-refractivity contribution in [3.8, 4) is 0 Å². The van der Waals surface area contributed by atoms with Crippen LogP contribution < -0.4 is 16.0 Å². The third-order valence-corrected chi connectivity index (χ3v) is 3.41. The van der Waals surface area contributed by atoms with Crippen LogP contribution in [0.4, 0.5) is 11.4 Å². The molecular formula is C13H19N3O. The van der Waals surface area contributed by atoms with Gasteiger partial charge in [0.25, 0.3) is 0 Å². The highest BCUT2D eigenvalue weighted by molar-refractivity contribution is 5.87. The first-order chi connectivity index (χ1) is 8.15. The fourth-order valence-corrected chi connectivity index (χ4v) is 2.41. The van der Waals surface area contributed by atoms with Gasteiger partial charge in [-0.2, -0.15) is 0 Å². The molecule has 0 aromatic heterocycles. The molecule has 1 amide bonds. The van der Waals surface area contributed by atoms with Gasteiger partial charge in [-0.15, -0.1) is 0 Å². The Balaban J connectivity index is 2.32. The van der Waals surface area contributed by atoms with Crippen molar-refractivity contribution in [1.29, 1.82) is 0 Å². The highest BCUT2D eigenvalue weighted by Gasteiger charge is 2.31. The molecule has 1 unspecified atom stereocenters. The summed E-state index contributed by atoms with van der Waals surface area (Å²) in [5.41, 5.74) is 8.92. The molecule has 1 aliphatic rings. The van der Waals surface area contributed by atoms with Crippen molar-refractivity contribution in [2.24, 2.45) is 0 Å². The van der Waals surface area contributed by atoms with Gasteiger partial charge in [-0.05, 0) is 31.4 Å². The molecule has 1 saturated heterocycles. The number of carbonyl (C=O) groups is 1. The normalized spacial score (nSPS) is 19.4. The number of nitrogens with two attached hydrogens (primary N) is 1. The first kappa shape index (κ1) is 11.8. The minimum absolute atomic E-state index is 0.0726. The van der Waals surface area contributed by atoms with E-state index in [1.165, 1.54) is 0 Å². The molecule has 4 heteroatoms. The summed E-state index contributed by atoms with van der Waals surface area (Å²) in [6, 6.07) is 5.89. The number of anilines is 2. The maximum absolute atomic E-state index is 11.8. The minimum atomic E-state index is -0.0795. The third kappa shape index (κ3) is 2.07. The Labute approximate surface area is 102 Å². The van der Waals surface area contributed by atoms with Crippen LogP contribution >= 0.6 is 0 Å². The smallest absolute Gasteiger partial charge is 0.242 e. The molecule has 1 aromatic carbocycles. The number of hydrogen-bond acceptors (Lipinski definition) is 3.